The lowest BCUT2D eigenvalue weighted by Crippen LogP contribution is -2.46. The number of anilines is 1. The molecule has 13 nitrogen and oxygen atoms in total. The highest BCUT2D eigenvalue weighted by Gasteiger charge is 2.55. The first kappa shape index (κ1) is 33.2. The number of methoxy groups -OCH3 is 1. The fraction of sp³-hybridized carbons (Fsp3) is 0.500. The summed E-state index contributed by atoms with van der Waals surface area (Å²) in [5.41, 5.74) is -1.31. The third-order valence-electron chi connectivity index (χ3n) is 9.16. The van der Waals surface area contributed by atoms with E-state index in [2.05, 4.69) is 22.0 Å². The van der Waals surface area contributed by atoms with Crippen LogP contribution in [-0.2, 0) is 26.4 Å². The first-order chi connectivity index (χ1) is 22.9. The Labute approximate surface area is 277 Å². The van der Waals surface area contributed by atoms with E-state index in [1.807, 2.05) is 6.07 Å². The Kier molecular flexibility index (Phi) is 8.79. The second kappa shape index (κ2) is 12.7. The van der Waals surface area contributed by atoms with Gasteiger partial charge in [-0.25, -0.2) is 19.1 Å². The molecule has 256 valence electrons. The van der Waals surface area contributed by atoms with Crippen LogP contribution in [0.25, 0.3) is 11.1 Å². The Hall–Kier alpha value is -4.72. The molecule has 4 amide bonds. The van der Waals surface area contributed by atoms with Crippen LogP contribution in [0.15, 0.2) is 34.7 Å². The van der Waals surface area contributed by atoms with E-state index in [1.54, 1.807) is 39.0 Å². The monoisotopic (exact) mass is 664 g/mol. The number of urea groups is 1. The standard InChI is InChI=1S/C34H41FN6O7/c1-6-12-38-14-16-39(17-15-38)26-10-9-23-22(36-26)18-25(48-23)34(30(43)41(32(45)37-34)20-47-31(44)33(2,3)4)11-13-40-19-21-7-8-24(46-5)28(35)27(21)29(40)42/h7-10,18H,6,11-17,19-20H2,1-5H3,(H,37,45)/t34-/m0/s1. The van der Waals surface area contributed by atoms with Gasteiger partial charge in [-0.1, -0.05) is 13.0 Å². The van der Waals surface area contributed by atoms with E-state index in [0.29, 0.717) is 16.7 Å². The van der Waals surface area contributed by atoms with Gasteiger partial charge in [0, 0.05) is 51.8 Å². The molecular weight excluding hydrogens is 623 g/mol. The maximum atomic E-state index is 15.1. The van der Waals surface area contributed by atoms with Gasteiger partial charge in [-0.15, -0.1) is 0 Å². The molecule has 0 unspecified atom stereocenters. The van der Waals surface area contributed by atoms with Crippen molar-refractivity contribution in [2.24, 2.45) is 5.41 Å². The van der Waals surface area contributed by atoms with Gasteiger partial charge in [0.15, 0.2) is 29.4 Å². The Bertz CT molecular complexity index is 1760. The van der Waals surface area contributed by atoms with Gasteiger partial charge in [0.1, 0.15) is 17.1 Å². The Morgan fingerprint density at radius 2 is 1.83 bits per heavy atom. The first-order valence-electron chi connectivity index (χ1n) is 16.2. The van der Waals surface area contributed by atoms with Crippen LogP contribution in [0, 0.1) is 11.2 Å². The van der Waals surface area contributed by atoms with Gasteiger partial charge in [-0.2, -0.15) is 0 Å². The summed E-state index contributed by atoms with van der Waals surface area (Å²) in [4.78, 5) is 65.1. The normalized spacial score (nSPS) is 20.1. The van der Waals surface area contributed by atoms with Crippen LogP contribution in [0.1, 0.15) is 62.2 Å². The maximum Gasteiger partial charge on any atom is 0.328 e. The number of carbonyl (C=O) groups is 4. The number of fused-ring (bicyclic) bond motifs is 2. The highest BCUT2D eigenvalue weighted by atomic mass is 19.1. The summed E-state index contributed by atoms with van der Waals surface area (Å²) in [7, 11) is 1.32. The van der Waals surface area contributed by atoms with Crippen molar-refractivity contribution >= 4 is 40.7 Å². The van der Waals surface area contributed by atoms with E-state index in [4.69, 9.17) is 18.9 Å². The number of esters is 1. The number of imide groups is 1. The van der Waals surface area contributed by atoms with Crippen molar-refractivity contribution in [3.05, 3.63) is 53.0 Å². The first-order valence-corrected chi connectivity index (χ1v) is 16.2. The lowest BCUT2D eigenvalue weighted by molar-refractivity contribution is -0.158. The van der Waals surface area contributed by atoms with E-state index >= 15 is 4.39 Å². The molecule has 0 bridgehead atoms. The quantitative estimate of drug-likeness (QED) is 0.251. The summed E-state index contributed by atoms with van der Waals surface area (Å²) in [6.07, 6.45) is 0.992. The highest BCUT2D eigenvalue weighted by molar-refractivity contribution is 6.07. The third kappa shape index (κ3) is 5.93. The molecule has 2 saturated heterocycles. The molecule has 1 aromatic carbocycles. The van der Waals surface area contributed by atoms with Crippen molar-refractivity contribution in [2.45, 2.75) is 52.6 Å². The van der Waals surface area contributed by atoms with Crippen molar-refractivity contribution in [3.8, 4) is 5.75 Å². The lowest BCUT2D eigenvalue weighted by atomic mass is 9.91. The number of nitrogens with one attached hydrogen (secondary N) is 1. The minimum absolute atomic E-state index is 0.0331. The average molecular weight is 665 g/mol. The Morgan fingerprint density at radius 3 is 2.52 bits per heavy atom. The zero-order chi connectivity index (χ0) is 34.4. The van der Waals surface area contributed by atoms with Crippen molar-refractivity contribution in [3.63, 3.8) is 0 Å². The summed E-state index contributed by atoms with van der Waals surface area (Å²) in [6, 6.07) is 7.59. The maximum absolute atomic E-state index is 15.1. The SMILES string of the molecule is CCCN1CCN(c2ccc3oc([C@]4(CCN5Cc6ccc(OC)c(F)c6C5=O)NC(=O)N(COC(=O)C(C)(C)C)C4=O)cc3n2)CC1. The number of benzene rings is 1. The molecular formula is C34H41FN6O7. The Balaban J connectivity index is 1.29. The number of amides is 4. The second-order valence-electron chi connectivity index (χ2n) is 13.5. The number of hydrogen-bond acceptors (Lipinski definition) is 10. The van der Waals surface area contributed by atoms with Gasteiger partial charge in [0.25, 0.3) is 11.8 Å². The van der Waals surface area contributed by atoms with Gasteiger partial charge in [0.05, 0.1) is 18.1 Å². The molecule has 6 rings (SSSR count). The molecule has 1 N–H and O–H groups in total. The van der Waals surface area contributed by atoms with E-state index in [0.717, 1.165) is 49.9 Å². The average Bonchev–Trinajstić information content (AvgIpc) is 3.70. The minimum atomic E-state index is -1.76. The Morgan fingerprint density at radius 1 is 1.08 bits per heavy atom. The van der Waals surface area contributed by atoms with Crippen molar-refractivity contribution in [1.82, 2.24) is 25.0 Å². The molecule has 14 heteroatoms. The number of hydrogen-bond donors (Lipinski definition) is 1. The van der Waals surface area contributed by atoms with Crippen LogP contribution in [0.3, 0.4) is 0 Å². The predicted octanol–water partition coefficient (Wildman–Crippen LogP) is 3.85. The largest absolute Gasteiger partial charge is 0.494 e. The molecule has 0 spiro atoms. The number of aromatic nitrogens is 1. The van der Waals surface area contributed by atoms with E-state index < -0.39 is 47.3 Å². The topological polar surface area (TPSA) is 138 Å². The molecule has 2 fully saturated rings. The fourth-order valence-electron chi connectivity index (χ4n) is 6.40. The number of ether oxygens (including phenoxy) is 2. The molecule has 5 heterocycles. The lowest BCUT2D eigenvalue weighted by Gasteiger charge is -2.35. The van der Waals surface area contributed by atoms with Crippen LogP contribution >= 0.6 is 0 Å². The molecule has 1 atom stereocenters. The second-order valence-corrected chi connectivity index (χ2v) is 13.5. The molecule has 3 aromatic rings. The van der Waals surface area contributed by atoms with E-state index in [1.165, 1.54) is 18.1 Å². The molecule has 3 aliphatic rings. The highest BCUT2D eigenvalue weighted by Crippen LogP contribution is 2.38. The molecule has 0 saturated carbocycles. The molecule has 0 radical (unpaired) electrons. The third-order valence-corrected chi connectivity index (χ3v) is 9.16. The van der Waals surface area contributed by atoms with Gasteiger partial charge in [0.2, 0.25) is 0 Å². The molecule has 2 aromatic heterocycles. The zero-order valence-corrected chi connectivity index (χ0v) is 27.9. The van der Waals surface area contributed by atoms with Crippen molar-refractivity contribution < 1.29 is 37.5 Å². The van der Waals surface area contributed by atoms with Crippen LogP contribution < -0.4 is 15.0 Å². The number of halogens is 1. The van der Waals surface area contributed by atoms with E-state index in [-0.39, 0.29) is 36.6 Å². The fourth-order valence-corrected chi connectivity index (χ4v) is 6.40. The van der Waals surface area contributed by atoms with Gasteiger partial charge in [-0.3, -0.25) is 19.3 Å². The van der Waals surface area contributed by atoms with Gasteiger partial charge >= 0.3 is 12.0 Å². The summed E-state index contributed by atoms with van der Waals surface area (Å²) in [5.74, 6) is -1.76. The smallest absolute Gasteiger partial charge is 0.328 e. The number of rotatable bonds is 10. The van der Waals surface area contributed by atoms with Gasteiger partial charge in [-0.05, 0) is 57.5 Å². The molecule has 0 aliphatic carbocycles. The summed E-state index contributed by atoms with van der Waals surface area (Å²) < 4.78 is 31.7. The van der Waals surface area contributed by atoms with Crippen molar-refractivity contribution in [1.29, 1.82) is 0 Å². The van der Waals surface area contributed by atoms with Crippen LogP contribution in [0.5, 0.6) is 5.75 Å². The number of nitrogens with zero attached hydrogens (tertiary/aromatic N) is 5. The predicted molar refractivity (Wildman–Crippen MR) is 173 cm³/mol. The number of piperazine rings is 1. The summed E-state index contributed by atoms with van der Waals surface area (Å²) in [5, 5.41) is 2.77. The van der Waals surface area contributed by atoms with Crippen LogP contribution in [-0.4, -0.2) is 96.6 Å². The van der Waals surface area contributed by atoms with Crippen LogP contribution in [0.2, 0.25) is 0 Å². The summed E-state index contributed by atoms with van der Waals surface area (Å²) >= 11 is 0. The van der Waals surface area contributed by atoms with Crippen molar-refractivity contribution in [2.75, 3.05) is 58.0 Å². The molecule has 48 heavy (non-hydrogen) atoms. The zero-order valence-electron chi connectivity index (χ0n) is 27.9. The van der Waals surface area contributed by atoms with E-state index in [9.17, 15) is 19.2 Å². The van der Waals surface area contributed by atoms with Crippen LogP contribution in [0.4, 0.5) is 15.0 Å². The number of pyridine rings is 1. The number of furan rings is 1. The summed E-state index contributed by atoms with van der Waals surface area (Å²) in [6.45, 7) is 11.2. The van der Waals surface area contributed by atoms with Gasteiger partial charge < -0.3 is 29.0 Å². The minimum Gasteiger partial charge on any atom is -0.494 e. The molecule has 3 aliphatic heterocycles. The number of carbonyl (C=O) groups excluding carboxylic acids is 4.